The van der Waals surface area contributed by atoms with Crippen LogP contribution in [0.15, 0.2) is 72.9 Å². The molecule has 2 aromatic carbocycles. The summed E-state index contributed by atoms with van der Waals surface area (Å²) in [4.78, 5) is 15.7. The minimum atomic E-state index is -0.394. The Kier molecular flexibility index (Phi) is 5.77. The monoisotopic (exact) mass is 425 g/mol. The fourth-order valence-corrected chi connectivity index (χ4v) is 4.90. The minimum absolute atomic E-state index is 0.278. The van der Waals surface area contributed by atoms with E-state index in [-0.39, 0.29) is 6.04 Å². The lowest BCUT2D eigenvalue weighted by molar-refractivity contribution is 0.148. The van der Waals surface area contributed by atoms with Crippen LogP contribution in [0.1, 0.15) is 54.9 Å². The molecule has 0 fully saturated rings. The fraction of sp³-hybridized carbons (Fsp3) is 0.333. The van der Waals surface area contributed by atoms with E-state index in [1.807, 2.05) is 24.4 Å². The number of benzene rings is 2. The molecule has 0 saturated carbocycles. The van der Waals surface area contributed by atoms with Gasteiger partial charge in [-0.3, -0.25) is 9.88 Å². The van der Waals surface area contributed by atoms with Crippen molar-refractivity contribution in [3.63, 3.8) is 0 Å². The van der Waals surface area contributed by atoms with Crippen LogP contribution < -0.4 is 5.73 Å². The lowest BCUT2D eigenvalue weighted by Gasteiger charge is -2.36. The number of nitrogens with two attached hydrogens (primary N) is 1. The number of hydrogen-bond donors (Lipinski definition) is 2. The van der Waals surface area contributed by atoms with E-state index in [0.29, 0.717) is 0 Å². The molecule has 5 rings (SSSR count). The molecule has 1 unspecified atom stereocenters. The van der Waals surface area contributed by atoms with Gasteiger partial charge in [0.1, 0.15) is 5.82 Å². The van der Waals surface area contributed by atoms with E-state index in [1.165, 1.54) is 23.2 Å². The van der Waals surface area contributed by atoms with Crippen molar-refractivity contribution in [2.45, 2.75) is 50.7 Å². The summed E-state index contributed by atoms with van der Waals surface area (Å²) in [5.41, 5.74) is 12.3. The van der Waals surface area contributed by atoms with Crippen LogP contribution in [0, 0.1) is 0 Å². The summed E-state index contributed by atoms with van der Waals surface area (Å²) in [6.07, 6.45) is 6.18. The normalized spacial score (nSPS) is 17.9. The summed E-state index contributed by atoms with van der Waals surface area (Å²) < 4.78 is 0. The molecular weight excluding hydrogens is 394 g/mol. The maximum atomic E-state index is 6.80. The van der Waals surface area contributed by atoms with Gasteiger partial charge in [0.15, 0.2) is 0 Å². The quantitative estimate of drug-likeness (QED) is 0.432. The van der Waals surface area contributed by atoms with E-state index in [4.69, 9.17) is 15.7 Å². The molecule has 0 bridgehead atoms. The third-order valence-electron chi connectivity index (χ3n) is 6.75. The van der Waals surface area contributed by atoms with Crippen molar-refractivity contribution in [1.82, 2.24) is 19.9 Å². The van der Waals surface area contributed by atoms with E-state index in [2.05, 4.69) is 65.3 Å². The second kappa shape index (κ2) is 8.85. The van der Waals surface area contributed by atoms with Crippen LogP contribution in [-0.2, 0) is 18.5 Å². The molecule has 32 heavy (non-hydrogen) atoms. The number of aromatic amines is 1. The van der Waals surface area contributed by atoms with Crippen LogP contribution in [0.3, 0.4) is 0 Å². The number of aromatic nitrogens is 3. The zero-order chi connectivity index (χ0) is 22.0. The number of fused-ring (bicyclic) bond motifs is 2. The molecule has 0 aliphatic heterocycles. The van der Waals surface area contributed by atoms with Gasteiger partial charge in [-0.1, -0.05) is 48.5 Å². The van der Waals surface area contributed by atoms with Crippen LogP contribution in [0.4, 0.5) is 0 Å². The fourth-order valence-electron chi connectivity index (χ4n) is 4.90. The molecule has 0 spiro atoms. The van der Waals surface area contributed by atoms with E-state index in [1.54, 1.807) is 0 Å². The standard InChI is InChI=1S/C27H31N5/c1-27(28,21-11-3-2-4-12-21)16-18-32(19-25-30-22-13-5-6-14-23(22)31-25)24-15-7-9-20-10-8-17-29-26(20)24/h2-6,8,10-14,17,24H,7,9,15-16,18-19,28H2,1H3,(H,30,31)/t24?,27-/m1/s1. The van der Waals surface area contributed by atoms with E-state index in [9.17, 15) is 0 Å². The second-order valence-electron chi connectivity index (χ2n) is 9.16. The van der Waals surface area contributed by atoms with Crippen molar-refractivity contribution in [2.24, 2.45) is 5.73 Å². The molecule has 1 aliphatic rings. The molecule has 0 saturated heterocycles. The molecule has 5 nitrogen and oxygen atoms in total. The van der Waals surface area contributed by atoms with Crippen molar-refractivity contribution in [1.29, 1.82) is 0 Å². The number of nitrogens with one attached hydrogen (secondary N) is 1. The third kappa shape index (κ3) is 4.31. The van der Waals surface area contributed by atoms with Gasteiger partial charge in [-0.05, 0) is 61.9 Å². The van der Waals surface area contributed by atoms with Gasteiger partial charge < -0.3 is 10.7 Å². The van der Waals surface area contributed by atoms with Gasteiger partial charge in [0.05, 0.1) is 29.3 Å². The van der Waals surface area contributed by atoms with Gasteiger partial charge in [0, 0.05) is 18.3 Å². The number of aryl methyl sites for hydroxylation is 1. The minimum Gasteiger partial charge on any atom is -0.341 e. The van der Waals surface area contributed by atoms with Gasteiger partial charge in [-0.25, -0.2) is 4.98 Å². The molecule has 5 heteroatoms. The van der Waals surface area contributed by atoms with Gasteiger partial charge in [-0.15, -0.1) is 0 Å². The summed E-state index contributed by atoms with van der Waals surface area (Å²) in [6, 6.07) is 23.2. The molecule has 164 valence electrons. The Morgan fingerprint density at radius 3 is 2.72 bits per heavy atom. The number of para-hydroxylation sites is 2. The lowest BCUT2D eigenvalue weighted by atomic mass is 9.87. The Hall–Kier alpha value is -3.02. The predicted molar refractivity (Wildman–Crippen MR) is 129 cm³/mol. The van der Waals surface area contributed by atoms with E-state index >= 15 is 0 Å². The highest BCUT2D eigenvalue weighted by Gasteiger charge is 2.30. The van der Waals surface area contributed by atoms with Crippen molar-refractivity contribution in [3.05, 3.63) is 95.6 Å². The Labute approximate surface area is 189 Å². The number of nitrogens with zero attached hydrogens (tertiary/aromatic N) is 3. The lowest BCUT2D eigenvalue weighted by Crippen LogP contribution is -2.40. The zero-order valence-electron chi connectivity index (χ0n) is 18.7. The van der Waals surface area contributed by atoms with Gasteiger partial charge >= 0.3 is 0 Å². The van der Waals surface area contributed by atoms with Crippen LogP contribution in [0.2, 0.25) is 0 Å². The molecule has 4 aromatic rings. The van der Waals surface area contributed by atoms with E-state index < -0.39 is 5.54 Å². The van der Waals surface area contributed by atoms with E-state index in [0.717, 1.165) is 49.2 Å². The van der Waals surface area contributed by atoms with Crippen LogP contribution >= 0.6 is 0 Å². The highest BCUT2D eigenvalue weighted by Crippen LogP contribution is 2.35. The van der Waals surface area contributed by atoms with Gasteiger partial charge in [-0.2, -0.15) is 0 Å². The Bertz CT molecular complexity index is 1150. The predicted octanol–water partition coefficient (Wildman–Crippen LogP) is 5.10. The first-order valence-electron chi connectivity index (χ1n) is 11.6. The number of rotatable bonds is 7. The number of pyridine rings is 1. The smallest absolute Gasteiger partial charge is 0.121 e. The molecule has 2 aromatic heterocycles. The van der Waals surface area contributed by atoms with Crippen LogP contribution in [0.5, 0.6) is 0 Å². The molecule has 2 atom stereocenters. The topological polar surface area (TPSA) is 70.8 Å². The maximum Gasteiger partial charge on any atom is 0.121 e. The number of H-pyrrole nitrogens is 1. The summed E-state index contributed by atoms with van der Waals surface area (Å²) >= 11 is 0. The largest absolute Gasteiger partial charge is 0.341 e. The number of hydrogen-bond acceptors (Lipinski definition) is 4. The Balaban J connectivity index is 1.43. The molecular formula is C27H31N5. The first kappa shape index (κ1) is 20.9. The van der Waals surface area contributed by atoms with Crippen molar-refractivity contribution < 1.29 is 0 Å². The average molecular weight is 426 g/mol. The van der Waals surface area contributed by atoms with Crippen molar-refractivity contribution in [3.8, 4) is 0 Å². The summed E-state index contributed by atoms with van der Waals surface area (Å²) in [5.74, 6) is 0.993. The molecule has 3 N–H and O–H groups in total. The second-order valence-corrected chi connectivity index (χ2v) is 9.16. The van der Waals surface area contributed by atoms with Crippen LogP contribution in [0.25, 0.3) is 11.0 Å². The molecule has 2 heterocycles. The molecule has 0 amide bonds. The third-order valence-corrected chi connectivity index (χ3v) is 6.75. The van der Waals surface area contributed by atoms with Crippen molar-refractivity contribution >= 4 is 11.0 Å². The SMILES string of the molecule is C[C@@](N)(CCN(Cc1nc2ccccc2[nH]1)C1CCCc2cccnc21)c1ccccc1. The molecule has 0 radical (unpaired) electrons. The Morgan fingerprint density at radius 2 is 1.88 bits per heavy atom. The van der Waals surface area contributed by atoms with Crippen molar-refractivity contribution in [2.75, 3.05) is 6.54 Å². The first-order valence-corrected chi connectivity index (χ1v) is 11.6. The van der Waals surface area contributed by atoms with Gasteiger partial charge in [0.25, 0.3) is 0 Å². The highest BCUT2D eigenvalue weighted by atomic mass is 15.2. The Morgan fingerprint density at radius 1 is 1.06 bits per heavy atom. The maximum absolute atomic E-state index is 6.80. The average Bonchev–Trinajstić information content (AvgIpc) is 3.24. The summed E-state index contributed by atoms with van der Waals surface area (Å²) in [6.45, 7) is 3.76. The highest BCUT2D eigenvalue weighted by molar-refractivity contribution is 5.74. The zero-order valence-corrected chi connectivity index (χ0v) is 18.7. The van der Waals surface area contributed by atoms with Gasteiger partial charge in [0.2, 0.25) is 0 Å². The van der Waals surface area contributed by atoms with Crippen LogP contribution in [-0.4, -0.2) is 26.4 Å². The summed E-state index contributed by atoms with van der Waals surface area (Å²) in [5, 5.41) is 0. The molecule has 1 aliphatic carbocycles. The summed E-state index contributed by atoms with van der Waals surface area (Å²) in [7, 11) is 0. The first-order chi connectivity index (χ1) is 15.6. The number of imidazole rings is 1.